The summed E-state index contributed by atoms with van der Waals surface area (Å²) in [5.74, 6) is 4.96. The van der Waals surface area contributed by atoms with Crippen LogP contribution in [0.1, 0.15) is 0 Å². The molecule has 394 valence electrons. The summed E-state index contributed by atoms with van der Waals surface area (Å²) < 4.78 is 21.1. The zero-order valence-corrected chi connectivity index (χ0v) is 45.7. The second-order valence-corrected chi connectivity index (χ2v) is 22.2. The lowest BCUT2D eigenvalue weighted by atomic mass is 9.32. The lowest BCUT2D eigenvalue weighted by molar-refractivity contribution is 0.465. The van der Waals surface area contributed by atoms with Crippen LogP contribution >= 0.6 is 0 Å². The van der Waals surface area contributed by atoms with Crippen molar-refractivity contribution in [3.8, 4) is 63.1 Å². The predicted octanol–water partition coefficient (Wildman–Crippen LogP) is 13.7. The first-order valence-corrected chi connectivity index (χ1v) is 28.9. The average molecular weight is 1080 g/mol. The van der Waals surface area contributed by atoms with E-state index in [9.17, 15) is 0 Å². The van der Waals surface area contributed by atoms with Crippen LogP contribution in [0.5, 0.6) is 23.0 Å². The van der Waals surface area contributed by atoms with Gasteiger partial charge in [-0.1, -0.05) is 212 Å². The smallest absolute Gasteiger partial charge is 0.253 e. The monoisotopic (exact) mass is 1080 g/mol. The van der Waals surface area contributed by atoms with Crippen molar-refractivity contribution in [1.82, 2.24) is 28.7 Å². The summed E-state index contributed by atoms with van der Waals surface area (Å²) in [6.45, 7) is -0.421. The van der Waals surface area contributed by atoms with Crippen LogP contribution in [0.2, 0.25) is 0 Å². The molecular weight excluding hydrogens is 1040 g/mol. The molecule has 0 atom stereocenters. The van der Waals surface area contributed by atoms with E-state index in [2.05, 4.69) is 232 Å². The molecule has 2 aliphatic heterocycles. The van der Waals surface area contributed by atoms with Gasteiger partial charge in [0.2, 0.25) is 5.95 Å². The van der Waals surface area contributed by atoms with Gasteiger partial charge in [0.15, 0.2) is 11.6 Å². The van der Waals surface area contributed by atoms with Gasteiger partial charge in [0.1, 0.15) is 23.0 Å². The molecule has 6 heterocycles. The number of aromatic nitrogens is 6. The van der Waals surface area contributed by atoms with Gasteiger partial charge >= 0.3 is 0 Å². The molecule has 0 unspecified atom stereocenters. The molecule has 0 aliphatic carbocycles. The summed E-state index contributed by atoms with van der Waals surface area (Å²) in [7, 11) is 0. The molecule has 12 aromatic carbocycles. The van der Waals surface area contributed by atoms with Gasteiger partial charge in [0, 0.05) is 60.9 Å². The van der Waals surface area contributed by atoms with E-state index in [4.69, 9.17) is 24.4 Å². The zero-order valence-electron chi connectivity index (χ0n) is 45.7. The summed E-state index contributed by atoms with van der Waals surface area (Å²) in [4.78, 5) is 15.5. The second kappa shape index (κ2) is 18.7. The largest absolute Gasteiger partial charge is 0.458 e. The Morgan fingerprint density at radius 2 is 0.741 bits per heavy atom. The first-order valence-electron chi connectivity index (χ1n) is 28.9. The quantitative estimate of drug-likeness (QED) is 0.149. The third-order valence-electron chi connectivity index (χ3n) is 17.6. The Morgan fingerprint density at radius 1 is 0.282 bits per heavy atom. The minimum absolute atomic E-state index is 0.200. The Morgan fingerprint density at radius 3 is 1.38 bits per heavy atom. The summed E-state index contributed by atoms with van der Waals surface area (Å²) in [5, 5.41) is 7.10. The standard InChI is InChI=1S/C75H46B2N6O2/c1-4-22-47(23-5-1)73-78-74(48-24-6-2-7-25-48)80-75(79-73)83-60-34-16-10-28-51(60)54-44-49(40-41-63(54)83)76-56-32-14-20-38-67(56)84-69-46-70-59(45-58(69)76)77(57-33-15-21-39-68(57)85-70)55-31-13-19-37-64(55)82-62-36-18-12-30-53(62)72-66(82)43-42-65-71(72)52-29-11-17-35-61(52)81(65)50-26-8-3-9-27-50/h1-46H. The molecule has 0 fully saturated rings. The molecule has 8 nitrogen and oxygen atoms in total. The Labute approximate surface area is 489 Å². The Bertz CT molecular complexity index is 5350. The molecular formula is C75H46B2N6O2. The molecule has 18 rings (SSSR count). The van der Waals surface area contributed by atoms with Gasteiger partial charge in [-0.25, -0.2) is 4.98 Å². The number of benzene rings is 12. The molecule has 4 aromatic heterocycles. The summed E-state index contributed by atoms with van der Waals surface area (Å²) in [6.07, 6.45) is 0. The van der Waals surface area contributed by atoms with E-state index < -0.39 is 0 Å². The fraction of sp³-hybridized carbons (Fsp3) is 0. The Kier molecular flexibility index (Phi) is 10.4. The van der Waals surface area contributed by atoms with Crippen LogP contribution in [0, 0.1) is 0 Å². The van der Waals surface area contributed by atoms with Gasteiger partial charge in [-0.2, -0.15) is 9.97 Å². The van der Waals surface area contributed by atoms with Crippen LogP contribution < -0.4 is 42.3 Å². The first kappa shape index (κ1) is 47.4. The highest BCUT2D eigenvalue weighted by atomic mass is 16.5. The fourth-order valence-corrected chi connectivity index (χ4v) is 14.0. The van der Waals surface area contributed by atoms with Crippen molar-refractivity contribution in [2.24, 2.45) is 0 Å². The van der Waals surface area contributed by atoms with Gasteiger partial charge in [0.05, 0.1) is 33.1 Å². The van der Waals surface area contributed by atoms with Gasteiger partial charge in [-0.3, -0.25) is 4.57 Å². The molecule has 0 N–H and O–H groups in total. The summed E-state index contributed by atoms with van der Waals surface area (Å²) in [5.41, 5.74) is 17.4. The lowest BCUT2D eigenvalue weighted by Gasteiger charge is -2.32. The van der Waals surface area contributed by atoms with Gasteiger partial charge < -0.3 is 18.6 Å². The molecule has 85 heavy (non-hydrogen) atoms. The van der Waals surface area contributed by atoms with Crippen molar-refractivity contribution < 1.29 is 9.47 Å². The minimum atomic E-state index is -0.221. The molecule has 2 aliphatic rings. The van der Waals surface area contributed by atoms with Crippen molar-refractivity contribution in [1.29, 1.82) is 0 Å². The third kappa shape index (κ3) is 7.22. The fourth-order valence-electron chi connectivity index (χ4n) is 14.0. The van der Waals surface area contributed by atoms with Crippen LogP contribution in [-0.2, 0) is 0 Å². The van der Waals surface area contributed by atoms with E-state index >= 15 is 0 Å². The average Bonchev–Trinajstić information content (AvgIpc) is 2.15. The topological polar surface area (TPSA) is 71.9 Å². The highest BCUT2D eigenvalue weighted by Crippen LogP contribution is 2.43. The molecule has 0 radical (unpaired) electrons. The van der Waals surface area contributed by atoms with Crippen molar-refractivity contribution >= 4 is 112 Å². The number of para-hydroxylation sites is 7. The van der Waals surface area contributed by atoms with E-state index in [0.29, 0.717) is 17.6 Å². The number of hydrogen-bond donors (Lipinski definition) is 0. The van der Waals surface area contributed by atoms with Crippen LogP contribution in [-0.4, -0.2) is 42.1 Å². The van der Waals surface area contributed by atoms with E-state index in [1.807, 2.05) is 60.7 Å². The SMILES string of the molecule is c1ccc(-c2nc(-c3ccccc3)nc(-n3c4ccccc4c4cc(B5c6ccccc6Oc6cc7c(cc65)B(c5ccccc5-n5c6ccccc6c6c8c9ccccc9n(-c9ccccc9)c8ccc65)c5ccccc5O7)ccc43)n2)cc1. The highest BCUT2D eigenvalue weighted by Gasteiger charge is 2.40. The van der Waals surface area contributed by atoms with Crippen LogP contribution in [0.15, 0.2) is 279 Å². The van der Waals surface area contributed by atoms with E-state index in [0.717, 1.165) is 106 Å². The number of hydrogen-bond acceptors (Lipinski definition) is 5. The normalized spacial score (nSPS) is 12.6. The summed E-state index contributed by atoms with van der Waals surface area (Å²) in [6, 6.07) is 99.4. The predicted molar refractivity (Wildman–Crippen MR) is 349 cm³/mol. The molecule has 0 bridgehead atoms. The van der Waals surface area contributed by atoms with Crippen molar-refractivity contribution in [3.63, 3.8) is 0 Å². The van der Waals surface area contributed by atoms with Gasteiger partial charge in [-0.05, 0) is 94.0 Å². The number of fused-ring (bicyclic) bond motifs is 14. The van der Waals surface area contributed by atoms with Crippen LogP contribution in [0.4, 0.5) is 0 Å². The zero-order chi connectivity index (χ0) is 55.7. The van der Waals surface area contributed by atoms with Gasteiger partial charge in [0.25, 0.3) is 13.4 Å². The maximum absolute atomic E-state index is 7.04. The van der Waals surface area contributed by atoms with Crippen LogP contribution in [0.3, 0.4) is 0 Å². The Hall–Kier alpha value is -11.2. The Balaban J connectivity index is 0.832. The molecule has 10 heteroatoms. The molecule has 0 amide bonds. The van der Waals surface area contributed by atoms with Crippen molar-refractivity contribution in [3.05, 3.63) is 279 Å². The first-order chi connectivity index (χ1) is 42.2. The van der Waals surface area contributed by atoms with Crippen molar-refractivity contribution in [2.45, 2.75) is 0 Å². The number of nitrogens with zero attached hydrogens (tertiary/aromatic N) is 6. The maximum atomic E-state index is 7.04. The maximum Gasteiger partial charge on any atom is 0.253 e. The molecule has 0 saturated carbocycles. The van der Waals surface area contributed by atoms with E-state index in [-0.39, 0.29) is 13.4 Å². The number of ether oxygens (including phenoxy) is 2. The summed E-state index contributed by atoms with van der Waals surface area (Å²) >= 11 is 0. The molecule has 16 aromatic rings. The lowest BCUT2D eigenvalue weighted by Crippen LogP contribution is -2.60. The van der Waals surface area contributed by atoms with E-state index in [1.54, 1.807) is 0 Å². The number of rotatable bonds is 7. The third-order valence-corrected chi connectivity index (χ3v) is 17.6. The molecule has 0 saturated heterocycles. The highest BCUT2D eigenvalue weighted by molar-refractivity contribution is 7.00. The van der Waals surface area contributed by atoms with Crippen molar-refractivity contribution in [2.75, 3.05) is 0 Å². The molecule has 0 spiro atoms. The minimum Gasteiger partial charge on any atom is -0.458 e. The second-order valence-electron chi connectivity index (χ2n) is 22.2. The van der Waals surface area contributed by atoms with Crippen LogP contribution in [0.25, 0.3) is 106 Å². The van der Waals surface area contributed by atoms with E-state index in [1.165, 1.54) is 38.0 Å². The van der Waals surface area contributed by atoms with Gasteiger partial charge in [-0.15, -0.1) is 0 Å².